The number of pyridine rings is 1. The summed E-state index contributed by atoms with van der Waals surface area (Å²) in [6.07, 6.45) is -2.38. The first-order chi connectivity index (χ1) is 18.3. The van der Waals surface area contributed by atoms with Crippen LogP contribution in [0.15, 0.2) is 48.7 Å². The number of morpholine rings is 1. The largest absolute Gasteiger partial charge is 0.419 e. The van der Waals surface area contributed by atoms with Crippen LogP contribution in [0.2, 0.25) is 0 Å². The maximum absolute atomic E-state index is 13.6. The molecule has 204 valence electrons. The van der Waals surface area contributed by atoms with Crippen molar-refractivity contribution in [3.63, 3.8) is 0 Å². The van der Waals surface area contributed by atoms with Gasteiger partial charge in [0.05, 0.1) is 24.5 Å². The van der Waals surface area contributed by atoms with Gasteiger partial charge in [-0.1, -0.05) is 39.0 Å². The molecule has 3 heterocycles. The highest BCUT2D eigenvalue weighted by Gasteiger charge is 2.35. The van der Waals surface area contributed by atoms with E-state index in [2.05, 4.69) is 41.2 Å². The SMILES string of the molecule is CCCN(CCNc1cc(-c2cccc(C(C)C)c2)nc(N2CCOCC2)n1)c1ncccc1C(F)(F)F. The second kappa shape index (κ2) is 12.4. The Hall–Kier alpha value is -3.40. The molecule has 1 N–H and O–H groups in total. The van der Waals surface area contributed by atoms with Crippen molar-refractivity contribution in [3.05, 3.63) is 59.8 Å². The first-order valence-corrected chi connectivity index (χ1v) is 13.1. The number of aromatic nitrogens is 3. The monoisotopic (exact) mass is 528 g/mol. The van der Waals surface area contributed by atoms with Gasteiger partial charge in [-0.15, -0.1) is 0 Å². The van der Waals surface area contributed by atoms with E-state index < -0.39 is 11.7 Å². The lowest BCUT2D eigenvalue weighted by Crippen LogP contribution is -2.37. The van der Waals surface area contributed by atoms with Gasteiger partial charge in [0.2, 0.25) is 5.95 Å². The minimum Gasteiger partial charge on any atom is -0.378 e. The van der Waals surface area contributed by atoms with Gasteiger partial charge in [0.15, 0.2) is 0 Å². The third-order valence-corrected chi connectivity index (χ3v) is 6.43. The molecular formula is C28H35F3N6O. The van der Waals surface area contributed by atoms with E-state index in [1.807, 2.05) is 25.1 Å². The van der Waals surface area contributed by atoms with Gasteiger partial charge in [0.25, 0.3) is 0 Å². The molecule has 0 saturated carbocycles. The Kier molecular flexibility index (Phi) is 9.04. The van der Waals surface area contributed by atoms with Gasteiger partial charge in [-0.3, -0.25) is 0 Å². The average Bonchev–Trinajstić information content (AvgIpc) is 2.92. The van der Waals surface area contributed by atoms with Crippen molar-refractivity contribution in [3.8, 4) is 11.3 Å². The molecule has 1 aliphatic rings. The summed E-state index contributed by atoms with van der Waals surface area (Å²) in [6, 6.07) is 12.6. The lowest BCUT2D eigenvalue weighted by molar-refractivity contribution is -0.137. The molecule has 1 fully saturated rings. The third kappa shape index (κ3) is 6.92. The van der Waals surface area contributed by atoms with Crippen LogP contribution in [0.3, 0.4) is 0 Å². The molecule has 1 saturated heterocycles. The van der Waals surface area contributed by atoms with Crippen molar-refractivity contribution < 1.29 is 17.9 Å². The van der Waals surface area contributed by atoms with E-state index in [-0.39, 0.29) is 5.82 Å². The van der Waals surface area contributed by atoms with Crippen molar-refractivity contribution in [2.24, 2.45) is 0 Å². The zero-order valence-electron chi connectivity index (χ0n) is 22.1. The third-order valence-electron chi connectivity index (χ3n) is 6.43. The van der Waals surface area contributed by atoms with Gasteiger partial charge in [-0.05, 0) is 36.1 Å². The van der Waals surface area contributed by atoms with Crippen LogP contribution in [-0.4, -0.2) is 60.9 Å². The molecule has 10 heteroatoms. The summed E-state index contributed by atoms with van der Waals surface area (Å²) in [5.41, 5.74) is 2.28. The van der Waals surface area contributed by atoms with E-state index in [4.69, 9.17) is 14.7 Å². The highest BCUT2D eigenvalue weighted by molar-refractivity contribution is 5.65. The molecule has 3 aromatic rings. The first kappa shape index (κ1) is 27.6. The highest BCUT2D eigenvalue weighted by Crippen LogP contribution is 2.35. The fourth-order valence-corrected chi connectivity index (χ4v) is 4.42. The smallest absolute Gasteiger partial charge is 0.378 e. The fraction of sp³-hybridized carbons (Fsp3) is 0.464. The van der Waals surface area contributed by atoms with Gasteiger partial charge in [0, 0.05) is 50.6 Å². The molecule has 7 nitrogen and oxygen atoms in total. The molecule has 0 bridgehead atoms. The highest BCUT2D eigenvalue weighted by atomic mass is 19.4. The lowest BCUT2D eigenvalue weighted by atomic mass is 9.99. The molecule has 2 aromatic heterocycles. The number of hydrogen-bond acceptors (Lipinski definition) is 7. The van der Waals surface area contributed by atoms with Crippen LogP contribution < -0.4 is 15.1 Å². The Morgan fingerprint density at radius 2 is 1.84 bits per heavy atom. The zero-order valence-corrected chi connectivity index (χ0v) is 22.1. The summed E-state index contributed by atoms with van der Waals surface area (Å²) in [4.78, 5) is 17.5. The molecule has 0 atom stereocenters. The van der Waals surface area contributed by atoms with Crippen LogP contribution in [0.4, 0.5) is 30.8 Å². The molecule has 1 aliphatic heterocycles. The molecule has 0 radical (unpaired) electrons. The summed E-state index contributed by atoms with van der Waals surface area (Å²) < 4.78 is 46.4. The molecule has 0 unspecified atom stereocenters. The Labute approximate surface area is 222 Å². The zero-order chi connectivity index (χ0) is 27.1. The maximum Gasteiger partial charge on any atom is 0.419 e. The van der Waals surface area contributed by atoms with Crippen molar-refractivity contribution in [2.45, 2.75) is 39.3 Å². The van der Waals surface area contributed by atoms with Gasteiger partial charge in [0.1, 0.15) is 11.6 Å². The molecule has 4 rings (SSSR count). The van der Waals surface area contributed by atoms with Crippen molar-refractivity contribution in [2.75, 3.05) is 61.1 Å². The van der Waals surface area contributed by atoms with E-state index in [9.17, 15) is 13.2 Å². The van der Waals surface area contributed by atoms with E-state index in [0.717, 1.165) is 17.3 Å². The summed E-state index contributed by atoms with van der Waals surface area (Å²) in [7, 11) is 0. The molecule has 0 spiro atoms. The van der Waals surface area contributed by atoms with Crippen LogP contribution >= 0.6 is 0 Å². The molecule has 1 aromatic carbocycles. The van der Waals surface area contributed by atoms with Gasteiger partial charge < -0.3 is 19.9 Å². The average molecular weight is 529 g/mol. The van der Waals surface area contributed by atoms with Crippen molar-refractivity contribution in [1.29, 1.82) is 0 Å². The van der Waals surface area contributed by atoms with Crippen LogP contribution in [0.25, 0.3) is 11.3 Å². The summed E-state index contributed by atoms with van der Waals surface area (Å²) in [5.74, 6) is 1.56. The number of anilines is 3. The Morgan fingerprint density at radius 1 is 1.05 bits per heavy atom. The minimum absolute atomic E-state index is 0.0495. The van der Waals surface area contributed by atoms with E-state index in [1.165, 1.54) is 17.8 Å². The number of ether oxygens (including phenoxy) is 1. The Morgan fingerprint density at radius 3 is 2.55 bits per heavy atom. The van der Waals surface area contributed by atoms with E-state index in [0.29, 0.717) is 70.0 Å². The molecular weight excluding hydrogens is 493 g/mol. The topological polar surface area (TPSA) is 66.4 Å². The molecule has 0 amide bonds. The summed E-state index contributed by atoms with van der Waals surface area (Å²) >= 11 is 0. The number of hydrogen-bond donors (Lipinski definition) is 1. The quantitative estimate of drug-likeness (QED) is 0.354. The van der Waals surface area contributed by atoms with Crippen LogP contribution in [0, 0.1) is 0 Å². The number of nitrogens with zero attached hydrogens (tertiary/aromatic N) is 5. The van der Waals surface area contributed by atoms with E-state index >= 15 is 0 Å². The fourth-order valence-electron chi connectivity index (χ4n) is 4.42. The predicted octanol–water partition coefficient (Wildman–Crippen LogP) is 5.85. The molecule has 38 heavy (non-hydrogen) atoms. The Balaban J connectivity index is 1.58. The second-order valence-electron chi connectivity index (χ2n) is 9.60. The standard InChI is InChI=1S/C28H35F3N6O/c1-4-12-36(26-23(28(29,30)31)9-6-10-33-26)13-11-32-25-19-24(22-8-5-7-21(18-22)20(2)3)34-27(35-25)37-14-16-38-17-15-37/h5-10,18-20H,4,11-17H2,1-3H3,(H,32,34,35). The summed E-state index contributed by atoms with van der Waals surface area (Å²) in [6.45, 7) is 10.0. The first-order valence-electron chi connectivity index (χ1n) is 13.1. The Bertz CT molecular complexity index is 1200. The molecule has 0 aliphatic carbocycles. The van der Waals surface area contributed by atoms with Crippen LogP contribution in [0.5, 0.6) is 0 Å². The van der Waals surface area contributed by atoms with E-state index in [1.54, 1.807) is 4.90 Å². The van der Waals surface area contributed by atoms with Crippen LogP contribution in [0.1, 0.15) is 44.2 Å². The van der Waals surface area contributed by atoms with Gasteiger partial charge in [-0.25, -0.2) is 9.97 Å². The minimum atomic E-state index is -4.47. The number of alkyl halides is 3. The number of benzene rings is 1. The van der Waals surface area contributed by atoms with Crippen LogP contribution in [-0.2, 0) is 10.9 Å². The number of nitrogens with one attached hydrogen (secondary N) is 1. The number of halogens is 3. The maximum atomic E-state index is 13.6. The van der Waals surface area contributed by atoms with Crippen molar-refractivity contribution in [1.82, 2.24) is 15.0 Å². The lowest BCUT2D eigenvalue weighted by Gasteiger charge is -2.28. The van der Waals surface area contributed by atoms with Gasteiger partial charge in [-0.2, -0.15) is 18.2 Å². The second-order valence-corrected chi connectivity index (χ2v) is 9.60. The van der Waals surface area contributed by atoms with Gasteiger partial charge >= 0.3 is 6.18 Å². The number of rotatable bonds is 10. The summed E-state index contributed by atoms with van der Waals surface area (Å²) in [5, 5.41) is 3.33. The predicted molar refractivity (Wildman–Crippen MR) is 145 cm³/mol. The normalized spacial score (nSPS) is 14.1. The van der Waals surface area contributed by atoms with Crippen molar-refractivity contribution >= 4 is 17.6 Å².